The Kier molecular flexibility index (Phi) is 9.47. The summed E-state index contributed by atoms with van der Waals surface area (Å²) in [7, 11) is 0. The number of aliphatic hydroxyl groups excluding tert-OH is 2. The summed E-state index contributed by atoms with van der Waals surface area (Å²) in [6.45, 7) is 11.7. The molecular formula is C27H36FO6-. The zero-order valence-electron chi connectivity index (χ0n) is 20.8. The summed E-state index contributed by atoms with van der Waals surface area (Å²) >= 11 is 0. The van der Waals surface area contributed by atoms with Crippen molar-refractivity contribution in [2.75, 3.05) is 6.61 Å². The number of carbonyl (C=O) groups is 1. The van der Waals surface area contributed by atoms with Crippen LogP contribution in [0, 0.1) is 5.82 Å². The van der Waals surface area contributed by atoms with Gasteiger partial charge in [0.2, 0.25) is 0 Å². The van der Waals surface area contributed by atoms with Gasteiger partial charge in [0.15, 0.2) is 0 Å². The van der Waals surface area contributed by atoms with Gasteiger partial charge in [-0.15, -0.1) is 0 Å². The number of carboxylic acids is 1. The van der Waals surface area contributed by atoms with Crippen molar-refractivity contribution in [1.29, 1.82) is 0 Å². The summed E-state index contributed by atoms with van der Waals surface area (Å²) in [5.41, 5.74) is 3.49. The van der Waals surface area contributed by atoms with Crippen molar-refractivity contribution in [3.8, 4) is 22.6 Å². The predicted octanol–water partition coefficient (Wildman–Crippen LogP) is 4.20. The molecule has 0 radical (unpaired) electrons. The van der Waals surface area contributed by atoms with E-state index >= 15 is 0 Å². The lowest BCUT2D eigenvalue weighted by atomic mass is 9.80. The van der Waals surface area contributed by atoms with Gasteiger partial charge < -0.3 is 30.0 Å². The third kappa shape index (κ3) is 6.48. The van der Waals surface area contributed by atoms with Crippen LogP contribution in [0.4, 0.5) is 4.39 Å². The van der Waals surface area contributed by atoms with Crippen molar-refractivity contribution in [1.82, 2.24) is 0 Å². The average Bonchev–Trinajstić information content (AvgIpc) is 2.71. The topological polar surface area (TPSA) is 110 Å². The highest BCUT2D eigenvalue weighted by molar-refractivity contribution is 5.81. The van der Waals surface area contributed by atoms with Crippen LogP contribution in [0.25, 0.3) is 11.1 Å². The lowest BCUT2D eigenvalue weighted by molar-refractivity contribution is -0.307. The molecule has 0 saturated carbocycles. The first-order chi connectivity index (χ1) is 15.8. The quantitative estimate of drug-likeness (QED) is 0.449. The van der Waals surface area contributed by atoms with Gasteiger partial charge in [-0.2, -0.15) is 0 Å². The Hall–Kier alpha value is -2.64. The monoisotopic (exact) mass is 475 g/mol. The van der Waals surface area contributed by atoms with Gasteiger partial charge in [-0.3, -0.25) is 0 Å². The van der Waals surface area contributed by atoms with E-state index in [1.807, 2.05) is 41.5 Å². The fraction of sp³-hybridized carbons (Fsp3) is 0.519. The van der Waals surface area contributed by atoms with E-state index in [0.717, 1.165) is 16.7 Å². The number of hydrogen-bond donors (Lipinski definition) is 3. The number of carboxylic acid groups (broad SMARTS) is 1. The van der Waals surface area contributed by atoms with Crippen LogP contribution < -0.4 is 9.84 Å². The highest BCUT2D eigenvalue weighted by Crippen LogP contribution is 2.51. The summed E-state index contributed by atoms with van der Waals surface area (Å²) in [5, 5.41) is 42.4. The van der Waals surface area contributed by atoms with Crippen molar-refractivity contribution in [3.05, 3.63) is 46.8 Å². The second kappa shape index (κ2) is 11.7. The minimum atomic E-state index is -1.39. The zero-order valence-corrected chi connectivity index (χ0v) is 20.8. The van der Waals surface area contributed by atoms with Gasteiger partial charge in [0, 0.05) is 41.1 Å². The minimum Gasteiger partial charge on any atom is -0.550 e. The Morgan fingerprint density at radius 2 is 1.44 bits per heavy atom. The van der Waals surface area contributed by atoms with E-state index in [1.165, 1.54) is 12.1 Å². The van der Waals surface area contributed by atoms with Crippen molar-refractivity contribution >= 4 is 5.97 Å². The molecule has 6 nitrogen and oxygen atoms in total. The molecule has 2 aromatic carbocycles. The minimum absolute atomic E-state index is 0.0149. The van der Waals surface area contributed by atoms with E-state index in [-0.39, 0.29) is 42.3 Å². The largest absolute Gasteiger partial charge is 0.550 e. The molecule has 2 atom stereocenters. The van der Waals surface area contributed by atoms with E-state index in [9.17, 15) is 29.6 Å². The molecule has 188 valence electrons. The van der Waals surface area contributed by atoms with Crippen molar-refractivity contribution in [2.45, 2.75) is 84.3 Å². The molecular weight excluding hydrogens is 439 g/mol. The first-order valence-corrected chi connectivity index (χ1v) is 11.7. The maximum absolute atomic E-state index is 13.6. The molecule has 0 unspecified atom stereocenters. The average molecular weight is 476 g/mol. The van der Waals surface area contributed by atoms with E-state index in [0.29, 0.717) is 16.9 Å². The molecule has 7 heteroatoms. The molecule has 0 heterocycles. The number of hydrogen-bond acceptors (Lipinski definition) is 6. The molecule has 2 aromatic rings. The van der Waals surface area contributed by atoms with E-state index in [2.05, 4.69) is 0 Å². The fourth-order valence-electron chi connectivity index (χ4n) is 4.38. The zero-order chi connectivity index (χ0) is 25.7. The van der Waals surface area contributed by atoms with Gasteiger partial charge in [0.25, 0.3) is 0 Å². The van der Waals surface area contributed by atoms with E-state index in [4.69, 9.17) is 4.74 Å². The summed E-state index contributed by atoms with van der Waals surface area (Å²) in [6.07, 6.45) is -3.11. The molecule has 0 aromatic heterocycles. The molecule has 0 aliphatic heterocycles. The van der Waals surface area contributed by atoms with E-state index in [1.54, 1.807) is 12.1 Å². The highest BCUT2D eigenvalue weighted by atomic mass is 19.1. The smallest absolute Gasteiger partial charge is 0.127 e. The van der Waals surface area contributed by atoms with E-state index < -0.39 is 24.6 Å². The molecule has 0 saturated heterocycles. The summed E-state index contributed by atoms with van der Waals surface area (Å²) in [4.78, 5) is 10.7. The second-order valence-corrected chi connectivity index (χ2v) is 9.70. The van der Waals surface area contributed by atoms with Crippen molar-refractivity contribution in [2.24, 2.45) is 0 Å². The number of rotatable bonds is 11. The number of ether oxygens (including phenoxy) is 1. The Labute approximate surface area is 201 Å². The Balaban J connectivity index is 2.66. The van der Waals surface area contributed by atoms with Crippen LogP contribution in [0.5, 0.6) is 11.5 Å². The van der Waals surface area contributed by atoms with Crippen LogP contribution in [0.3, 0.4) is 0 Å². The molecule has 0 fully saturated rings. The number of aliphatic carboxylic acids is 1. The van der Waals surface area contributed by atoms with Crippen molar-refractivity contribution in [3.63, 3.8) is 0 Å². The number of aromatic hydroxyl groups is 1. The number of phenols is 1. The molecule has 0 spiro atoms. The lowest BCUT2D eigenvalue weighted by Crippen LogP contribution is -2.31. The Morgan fingerprint density at radius 1 is 0.912 bits per heavy atom. The number of benzene rings is 2. The van der Waals surface area contributed by atoms with Gasteiger partial charge >= 0.3 is 0 Å². The highest BCUT2D eigenvalue weighted by Gasteiger charge is 2.30. The number of phenolic OH excluding ortho intramolecular Hbond substituents is 1. The van der Waals surface area contributed by atoms with Gasteiger partial charge in [-0.05, 0) is 35.4 Å². The van der Waals surface area contributed by atoms with Crippen LogP contribution in [-0.4, -0.2) is 40.1 Å². The van der Waals surface area contributed by atoms with Gasteiger partial charge in [-0.25, -0.2) is 4.39 Å². The first kappa shape index (κ1) is 27.6. The molecule has 34 heavy (non-hydrogen) atoms. The SMILES string of the molecule is CC(C)c1c(OC[C@@H](O)C[C@@H](O)CC(=O)[O-])c(C(C)C)c(C(C)C)c(O)c1-c1ccc(F)cc1. The molecule has 0 aliphatic rings. The first-order valence-electron chi connectivity index (χ1n) is 11.7. The van der Waals surface area contributed by atoms with Crippen LogP contribution in [0.2, 0.25) is 0 Å². The number of halogens is 1. The summed E-state index contributed by atoms with van der Waals surface area (Å²) in [5.74, 6) is -1.25. The Bertz CT molecular complexity index is 982. The van der Waals surface area contributed by atoms with Gasteiger partial charge in [-0.1, -0.05) is 53.7 Å². The fourth-order valence-corrected chi connectivity index (χ4v) is 4.38. The van der Waals surface area contributed by atoms with Gasteiger partial charge in [0.1, 0.15) is 23.9 Å². The third-order valence-corrected chi connectivity index (χ3v) is 5.77. The standard InChI is InChI=1S/C27H37FO6/c1-14(2)22-23(15(3)4)27(34-13-20(30)11-19(29)12-21(31)32)24(16(5)6)25(26(22)33)17-7-9-18(28)10-8-17/h7-10,14-16,19-20,29-30,33H,11-13H2,1-6H3,(H,31,32)/p-1/t19-,20+/m1/s1. The van der Waals surface area contributed by atoms with Crippen LogP contribution in [0.15, 0.2) is 24.3 Å². The van der Waals surface area contributed by atoms with Crippen molar-refractivity contribution < 1.29 is 34.3 Å². The molecule has 0 bridgehead atoms. The molecule has 0 aliphatic carbocycles. The molecule has 0 amide bonds. The number of carbonyl (C=O) groups excluding carboxylic acids is 1. The summed E-state index contributed by atoms with van der Waals surface area (Å²) < 4.78 is 19.8. The third-order valence-electron chi connectivity index (χ3n) is 5.77. The molecule has 2 rings (SSSR count). The maximum atomic E-state index is 13.6. The molecule has 3 N–H and O–H groups in total. The lowest BCUT2D eigenvalue weighted by Gasteiger charge is -2.29. The van der Waals surface area contributed by atoms with Crippen LogP contribution in [0.1, 0.15) is 88.8 Å². The van der Waals surface area contributed by atoms with Gasteiger partial charge in [0.05, 0.1) is 12.2 Å². The Morgan fingerprint density at radius 3 is 1.91 bits per heavy atom. The number of aliphatic hydroxyl groups is 2. The normalized spacial score (nSPS) is 13.5. The maximum Gasteiger partial charge on any atom is 0.127 e. The predicted molar refractivity (Wildman–Crippen MR) is 128 cm³/mol. The van der Waals surface area contributed by atoms with Crippen LogP contribution >= 0.6 is 0 Å². The van der Waals surface area contributed by atoms with Crippen LogP contribution in [-0.2, 0) is 4.79 Å². The summed E-state index contributed by atoms with van der Waals surface area (Å²) in [6, 6.07) is 5.91. The second-order valence-electron chi connectivity index (χ2n) is 9.70.